The minimum atomic E-state index is -1.03. The van der Waals surface area contributed by atoms with Gasteiger partial charge in [-0.15, -0.1) is 0 Å². The van der Waals surface area contributed by atoms with E-state index in [9.17, 15) is 15.3 Å². The number of ether oxygens (including phenoxy) is 2. The van der Waals surface area contributed by atoms with Crippen LogP contribution in [0, 0.1) is 0 Å². The lowest BCUT2D eigenvalue weighted by Crippen LogP contribution is -2.40. The smallest absolute Gasteiger partial charge is 0.114 e. The molecule has 1 rings (SSSR count). The van der Waals surface area contributed by atoms with Crippen LogP contribution in [-0.2, 0) is 9.47 Å². The van der Waals surface area contributed by atoms with Crippen molar-refractivity contribution in [1.29, 1.82) is 0 Å². The topological polar surface area (TPSA) is 79.2 Å². The third-order valence-electron chi connectivity index (χ3n) is 4.91. The Labute approximate surface area is 159 Å². The van der Waals surface area contributed by atoms with Crippen molar-refractivity contribution in [3.8, 4) is 0 Å². The van der Waals surface area contributed by atoms with Crippen molar-refractivity contribution in [3.63, 3.8) is 0 Å². The highest BCUT2D eigenvalue weighted by Crippen LogP contribution is 2.18. The van der Waals surface area contributed by atoms with Crippen LogP contribution in [0.15, 0.2) is 12.2 Å². The summed E-state index contributed by atoms with van der Waals surface area (Å²) < 4.78 is 10.6. The van der Waals surface area contributed by atoms with E-state index in [0.717, 1.165) is 12.8 Å². The molecule has 4 atom stereocenters. The second-order valence-corrected chi connectivity index (χ2v) is 7.38. The van der Waals surface area contributed by atoms with Gasteiger partial charge in [-0.25, -0.2) is 0 Å². The Hall–Kier alpha value is -0.460. The molecule has 1 saturated heterocycles. The van der Waals surface area contributed by atoms with Crippen molar-refractivity contribution in [2.75, 3.05) is 19.8 Å². The molecule has 0 spiro atoms. The van der Waals surface area contributed by atoms with E-state index in [2.05, 4.69) is 19.1 Å². The number of aliphatic hydroxyl groups excluding tert-OH is 3. The van der Waals surface area contributed by atoms with E-state index < -0.39 is 24.4 Å². The normalized spacial score (nSPS) is 24.5. The molecular weight excluding hydrogens is 332 g/mol. The van der Waals surface area contributed by atoms with E-state index in [-0.39, 0.29) is 13.2 Å². The first kappa shape index (κ1) is 23.6. The summed E-state index contributed by atoms with van der Waals surface area (Å²) in [7, 11) is 0. The summed E-state index contributed by atoms with van der Waals surface area (Å²) in [5.41, 5.74) is 0. The number of aliphatic hydroxyl groups is 3. The molecule has 3 N–H and O–H groups in total. The van der Waals surface area contributed by atoms with Gasteiger partial charge in [-0.2, -0.15) is 0 Å². The van der Waals surface area contributed by atoms with Gasteiger partial charge in [-0.05, 0) is 32.1 Å². The van der Waals surface area contributed by atoms with Crippen LogP contribution in [0.3, 0.4) is 0 Å². The van der Waals surface area contributed by atoms with Crippen LogP contribution >= 0.6 is 0 Å². The summed E-state index contributed by atoms with van der Waals surface area (Å²) in [6.07, 6.45) is 14.7. The maximum absolute atomic E-state index is 9.91. The zero-order valence-corrected chi connectivity index (χ0v) is 16.5. The van der Waals surface area contributed by atoms with Crippen molar-refractivity contribution < 1.29 is 24.8 Å². The molecule has 0 aromatic rings. The summed E-state index contributed by atoms with van der Waals surface area (Å²) in [4.78, 5) is 0. The third-order valence-corrected chi connectivity index (χ3v) is 4.91. The van der Waals surface area contributed by atoms with Crippen LogP contribution < -0.4 is 0 Å². The van der Waals surface area contributed by atoms with Crippen LogP contribution in [0.5, 0.6) is 0 Å². The summed E-state index contributed by atoms with van der Waals surface area (Å²) in [6, 6.07) is 0. The first-order valence-corrected chi connectivity index (χ1v) is 10.5. The van der Waals surface area contributed by atoms with E-state index in [1.165, 1.54) is 57.8 Å². The van der Waals surface area contributed by atoms with Gasteiger partial charge in [-0.3, -0.25) is 0 Å². The molecule has 5 heteroatoms. The SMILES string of the molecule is CCCCCC/C=C/CCCCCCCOC[C@H](O)[C@@H]1OC[C@@H](O)[C@@H]1O. The van der Waals surface area contributed by atoms with Gasteiger partial charge in [-0.1, -0.05) is 57.6 Å². The minimum Gasteiger partial charge on any atom is -0.388 e. The van der Waals surface area contributed by atoms with Crippen LogP contribution in [0.2, 0.25) is 0 Å². The molecule has 0 unspecified atom stereocenters. The molecule has 1 fully saturated rings. The molecule has 26 heavy (non-hydrogen) atoms. The Bertz CT molecular complexity index is 347. The highest BCUT2D eigenvalue weighted by atomic mass is 16.5. The fourth-order valence-corrected chi connectivity index (χ4v) is 3.18. The second kappa shape index (κ2) is 15.6. The van der Waals surface area contributed by atoms with Gasteiger partial charge in [0.05, 0.1) is 13.2 Å². The van der Waals surface area contributed by atoms with Gasteiger partial charge in [0.15, 0.2) is 0 Å². The van der Waals surface area contributed by atoms with Gasteiger partial charge in [0.1, 0.15) is 24.4 Å². The maximum atomic E-state index is 9.91. The molecule has 0 aromatic carbocycles. The van der Waals surface area contributed by atoms with Gasteiger partial charge >= 0.3 is 0 Å². The molecule has 154 valence electrons. The molecule has 1 aliphatic heterocycles. The van der Waals surface area contributed by atoms with Crippen molar-refractivity contribution in [2.45, 2.75) is 102 Å². The molecular formula is C21H40O5. The Morgan fingerprint density at radius 1 is 0.962 bits per heavy atom. The Morgan fingerprint density at radius 3 is 2.19 bits per heavy atom. The lowest BCUT2D eigenvalue weighted by molar-refractivity contribution is -0.0813. The summed E-state index contributed by atoms with van der Waals surface area (Å²) >= 11 is 0. The van der Waals surface area contributed by atoms with E-state index in [1.54, 1.807) is 0 Å². The van der Waals surface area contributed by atoms with Gasteiger partial charge in [0.25, 0.3) is 0 Å². The highest BCUT2D eigenvalue weighted by Gasteiger charge is 2.39. The highest BCUT2D eigenvalue weighted by molar-refractivity contribution is 4.87. The van der Waals surface area contributed by atoms with Crippen LogP contribution in [-0.4, -0.2) is 59.6 Å². The molecule has 0 aliphatic carbocycles. The number of hydrogen-bond acceptors (Lipinski definition) is 5. The number of allylic oxidation sites excluding steroid dienone is 2. The van der Waals surface area contributed by atoms with Crippen LogP contribution in [0.1, 0.15) is 77.6 Å². The van der Waals surface area contributed by atoms with Gasteiger partial charge < -0.3 is 24.8 Å². The summed E-state index contributed by atoms with van der Waals surface area (Å²) in [5.74, 6) is 0. The van der Waals surface area contributed by atoms with Crippen molar-refractivity contribution in [3.05, 3.63) is 12.2 Å². The van der Waals surface area contributed by atoms with Crippen LogP contribution in [0.4, 0.5) is 0 Å². The Balaban J connectivity index is 1.83. The van der Waals surface area contributed by atoms with Crippen molar-refractivity contribution in [1.82, 2.24) is 0 Å². The number of hydrogen-bond donors (Lipinski definition) is 3. The molecule has 1 heterocycles. The predicted molar refractivity (Wildman–Crippen MR) is 104 cm³/mol. The first-order chi connectivity index (χ1) is 12.7. The monoisotopic (exact) mass is 372 g/mol. The van der Waals surface area contributed by atoms with Crippen LogP contribution in [0.25, 0.3) is 0 Å². The quantitative estimate of drug-likeness (QED) is 0.286. The fraction of sp³-hybridized carbons (Fsp3) is 0.905. The Kier molecular flexibility index (Phi) is 14.1. The van der Waals surface area contributed by atoms with E-state index >= 15 is 0 Å². The number of rotatable bonds is 16. The van der Waals surface area contributed by atoms with Crippen molar-refractivity contribution >= 4 is 0 Å². The fourth-order valence-electron chi connectivity index (χ4n) is 3.18. The predicted octanol–water partition coefficient (Wildman–Crippen LogP) is 3.35. The zero-order chi connectivity index (χ0) is 19.0. The number of unbranched alkanes of at least 4 members (excludes halogenated alkanes) is 9. The average molecular weight is 373 g/mol. The Morgan fingerprint density at radius 2 is 1.58 bits per heavy atom. The molecule has 5 nitrogen and oxygen atoms in total. The van der Waals surface area contributed by atoms with Gasteiger partial charge in [0, 0.05) is 6.61 Å². The summed E-state index contributed by atoms with van der Waals surface area (Å²) in [6.45, 7) is 3.06. The van der Waals surface area contributed by atoms with Crippen molar-refractivity contribution in [2.24, 2.45) is 0 Å². The average Bonchev–Trinajstić information content (AvgIpc) is 2.97. The molecule has 0 amide bonds. The van der Waals surface area contributed by atoms with Gasteiger partial charge in [0.2, 0.25) is 0 Å². The molecule has 0 radical (unpaired) electrons. The summed E-state index contributed by atoms with van der Waals surface area (Å²) in [5, 5.41) is 29.0. The largest absolute Gasteiger partial charge is 0.388 e. The maximum Gasteiger partial charge on any atom is 0.114 e. The van der Waals surface area contributed by atoms with E-state index in [0.29, 0.717) is 6.61 Å². The third kappa shape index (κ3) is 10.6. The zero-order valence-electron chi connectivity index (χ0n) is 16.5. The minimum absolute atomic E-state index is 0.0664. The molecule has 0 saturated carbocycles. The second-order valence-electron chi connectivity index (χ2n) is 7.38. The lowest BCUT2D eigenvalue weighted by Gasteiger charge is -2.20. The molecule has 1 aliphatic rings. The first-order valence-electron chi connectivity index (χ1n) is 10.5. The lowest BCUT2D eigenvalue weighted by atomic mass is 10.1. The standard InChI is InChI=1S/C21H40O5/c1-2-3-4-5-6-7-8-9-10-11-12-13-14-15-25-16-19(23)21-20(24)18(22)17-26-21/h7-8,18-24H,2-6,9-17H2,1H3/b8-7+/t18-,19+,20+,21+/m1/s1. The molecule has 0 bridgehead atoms. The molecule has 0 aromatic heterocycles. The van der Waals surface area contributed by atoms with E-state index in [4.69, 9.17) is 9.47 Å². The van der Waals surface area contributed by atoms with E-state index in [1.807, 2.05) is 0 Å².